The number of fused-ring (bicyclic) bond motifs is 10. The topological polar surface area (TPSA) is 70.6 Å². The Bertz CT molecular complexity index is 2970. The molecule has 0 fully saturated rings. The van der Waals surface area contributed by atoms with E-state index in [0.29, 0.717) is 11.1 Å². The maximum Gasteiger partial charge on any atom is 0.145 e. The third kappa shape index (κ3) is 3.77. The molecule has 49 heavy (non-hydrogen) atoms. The molecule has 0 unspecified atom stereocenters. The Morgan fingerprint density at radius 2 is 1.14 bits per heavy atom. The first-order chi connectivity index (χ1) is 24.2. The lowest BCUT2D eigenvalue weighted by molar-refractivity contribution is 0.673. The van der Waals surface area contributed by atoms with Gasteiger partial charge in [0.15, 0.2) is 0 Å². The van der Waals surface area contributed by atoms with Gasteiger partial charge in [0.25, 0.3) is 0 Å². The molecule has 3 aromatic heterocycles. The van der Waals surface area contributed by atoms with Gasteiger partial charge in [0.1, 0.15) is 17.2 Å². The summed E-state index contributed by atoms with van der Waals surface area (Å²) >= 11 is 0. The van der Waals surface area contributed by atoms with E-state index < -0.39 is 0 Å². The third-order valence-corrected chi connectivity index (χ3v) is 9.90. The van der Waals surface area contributed by atoms with Crippen molar-refractivity contribution in [3.05, 3.63) is 157 Å². The standard InChI is InChI=1S/C44H26N4O/c45-25-34-35(26-46)40(23-22-39(34)47-36-15-7-4-12-29(36)30-13-5-8-16-37(30)47)48-38-20-18-28(27-10-2-1-3-11-27)24-33(38)43-41(48)21-19-32-31-14-6-9-17-42(31)49-44(32)43/h1-24,26,46H. The van der Waals surface area contributed by atoms with Gasteiger partial charge in [-0.1, -0.05) is 91.0 Å². The molecule has 10 rings (SSSR count). The summed E-state index contributed by atoms with van der Waals surface area (Å²) < 4.78 is 10.9. The Hall–Kier alpha value is -6.90. The fourth-order valence-electron chi connectivity index (χ4n) is 7.78. The highest BCUT2D eigenvalue weighted by Gasteiger charge is 2.23. The molecular weight excluding hydrogens is 601 g/mol. The molecular formula is C44H26N4O. The number of aromatic nitrogens is 2. The summed E-state index contributed by atoms with van der Waals surface area (Å²) in [5, 5.41) is 26.0. The largest absolute Gasteiger partial charge is 0.455 e. The summed E-state index contributed by atoms with van der Waals surface area (Å²) in [7, 11) is 0. The van der Waals surface area contributed by atoms with E-state index in [1.165, 1.54) is 6.21 Å². The number of nitrogens with one attached hydrogen (secondary N) is 1. The molecule has 0 atom stereocenters. The number of para-hydroxylation sites is 3. The van der Waals surface area contributed by atoms with Crippen molar-refractivity contribution in [2.45, 2.75) is 0 Å². The van der Waals surface area contributed by atoms with Crippen molar-refractivity contribution in [2.75, 3.05) is 0 Å². The van der Waals surface area contributed by atoms with Crippen LogP contribution in [-0.4, -0.2) is 15.3 Å². The number of nitrogens with zero attached hydrogens (tertiary/aromatic N) is 3. The first kappa shape index (κ1) is 27.2. The highest BCUT2D eigenvalue weighted by molar-refractivity contribution is 6.24. The molecule has 10 aromatic rings. The van der Waals surface area contributed by atoms with E-state index in [0.717, 1.165) is 88.1 Å². The third-order valence-electron chi connectivity index (χ3n) is 9.90. The molecule has 5 nitrogen and oxygen atoms in total. The lowest BCUT2D eigenvalue weighted by Gasteiger charge is -2.17. The lowest BCUT2D eigenvalue weighted by Crippen LogP contribution is -2.06. The lowest BCUT2D eigenvalue weighted by atomic mass is 10.0. The van der Waals surface area contributed by atoms with E-state index in [-0.39, 0.29) is 0 Å². The minimum absolute atomic E-state index is 0.444. The van der Waals surface area contributed by atoms with Crippen LogP contribution in [0, 0.1) is 16.7 Å². The van der Waals surface area contributed by atoms with Crippen LogP contribution in [0.3, 0.4) is 0 Å². The number of nitriles is 1. The fourth-order valence-corrected chi connectivity index (χ4v) is 7.78. The minimum atomic E-state index is 0.444. The Labute approximate surface area is 280 Å². The van der Waals surface area contributed by atoms with Crippen LogP contribution in [0.15, 0.2) is 150 Å². The van der Waals surface area contributed by atoms with Crippen LogP contribution >= 0.6 is 0 Å². The SMILES string of the molecule is N#Cc1c(-n2c3ccccc3c3ccccc32)ccc(-n2c3ccc(-c4ccccc4)cc3c3c4oc5ccccc5c4ccc32)c1C=N. The summed E-state index contributed by atoms with van der Waals surface area (Å²) in [6.07, 6.45) is 1.32. The molecule has 0 saturated carbocycles. The quantitative estimate of drug-likeness (QED) is 0.197. The Kier molecular flexibility index (Phi) is 5.73. The van der Waals surface area contributed by atoms with Crippen LogP contribution in [0.2, 0.25) is 0 Å². The van der Waals surface area contributed by atoms with E-state index >= 15 is 0 Å². The molecule has 0 bridgehead atoms. The van der Waals surface area contributed by atoms with Crippen LogP contribution in [0.1, 0.15) is 11.1 Å². The van der Waals surface area contributed by atoms with Gasteiger partial charge in [-0.2, -0.15) is 5.26 Å². The Morgan fingerprint density at radius 3 is 1.88 bits per heavy atom. The number of hydrogen-bond acceptors (Lipinski definition) is 3. The Morgan fingerprint density at radius 1 is 0.531 bits per heavy atom. The van der Waals surface area contributed by atoms with Gasteiger partial charge in [0.2, 0.25) is 0 Å². The van der Waals surface area contributed by atoms with Crippen LogP contribution in [0.5, 0.6) is 0 Å². The summed E-state index contributed by atoms with van der Waals surface area (Å²) in [6.45, 7) is 0. The fraction of sp³-hybridized carbons (Fsp3) is 0. The zero-order valence-electron chi connectivity index (χ0n) is 26.2. The maximum atomic E-state index is 10.8. The van der Waals surface area contributed by atoms with Gasteiger partial charge in [0.05, 0.1) is 44.4 Å². The highest BCUT2D eigenvalue weighted by Crippen LogP contribution is 2.43. The van der Waals surface area contributed by atoms with Crippen molar-refractivity contribution in [3.63, 3.8) is 0 Å². The van der Waals surface area contributed by atoms with Gasteiger partial charge in [0, 0.05) is 38.7 Å². The van der Waals surface area contributed by atoms with Gasteiger partial charge >= 0.3 is 0 Å². The minimum Gasteiger partial charge on any atom is -0.455 e. The zero-order chi connectivity index (χ0) is 32.6. The van der Waals surface area contributed by atoms with E-state index in [4.69, 9.17) is 9.83 Å². The maximum absolute atomic E-state index is 10.8. The molecule has 0 aliphatic heterocycles. The second-order valence-electron chi connectivity index (χ2n) is 12.4. The van der Waals surface area contributed by atoms with Gasteiger partial charge in [-0.05, 0) is 65.7 Å². The monoisotopic (exact) mass is 626 g/mol. The summed E-state index contributed by atoms with van der Waals surface area (Å²) in [4.78, 5) is 0. The van der Waals surface area contributed by atoms with Crippen LogP contribution in [-0.2, 0) is 0 Å². The van der Waals surface area contributed by atoms with Gasteiger partial charge < -0.3 is 19.0 Å². The van der Waals surface area contributed by atoms with E-state index in [1.807, 2.05) is 60.7 Å². The van der Waals surface area contributed by atoms with E-state index in [2.05, 4.69) is 100 Å². The van der Waals surface area contributed by atoms with Crippen molar-refractivity contribution < 1.29 is 4.42 Å². The second kappa shape index (κ2) is 10.3. The van der Waals surface area contributed by atoms with Gasteiger partial charge in [-0.3, -0.25) is 0 Å². The van der Waals surface area contributed by atoms with Gasteiger partial charge in [-0.15, -0.1) is 0 Å². The Balaban J connectivity index is 1.31. The van der Waals surface area contributed by atoms with Crippen molar-refractivity contribution in [3.8, 4) is 28.6 Å². The molecule has 0 saturated heterocycles. The predicted molar refractivity (Wildman–Crippen MR) is 200 cm³/mol. The average Bonchev–Trinajstić information content (AvgIpc) is 3.82. The molecule has 0 amide bonds. The number of furan rings is 1. The van der Waals surface area contributed by atoms with Crippen molar-refractivity contribution in [1.29, 1.82) is 10.7 Å². The average molecular weight is 627 g/mol. The molecule has 0 aliphatic rings. The van der Waals surface area contributed by atoms with Crippen molar-refractivity contribution >= 4 is 71.8 Å². The van der Waals surface area contributed by atoms with Gasteiger partial charge in [-0.25, -0.2) is 0 Å². The molecule has 7 aromatic carbocycles. The molecule has 5 heteroatoms. The first-order valence-electron chi connectivity index (χ1n) is 16.3. The van der Waals surface area contributed by atoms with Crippen LogP contribution in [0.4, 0.5) is 0 Å². The normalized spacial score (nSPS) is 11.7. The van der Waals surface area contributed by atoms with E-state index in [1.54, 1.807) is 0 Å². The molecule has 3 heterocycles. The second-order valence-corrected chi connectivity index (χ2v) is 12.4. The number of rotatable bonds is 4. The summed E-state index contributed by atoms with van der Waals surface area (Å²) in [5.74, 6) is 0. The van der Waals surface area contributed by atoms with Crippen LogP contribution < -0.4 is 0 Å². The molecule has 0 radical (unpaired) electrons. The molecule has 0 spiro atoms. The number of hydrogen-bond donors (Lipinski definition) is 1. The van der Waals surface area contributed by atoms with Crippen molar-refractivity contribution in [2.24, 2.45) is 0 Å². The smallest absolute Gasteiger partial charge is 0.145 e. The van der Waals surface area contributed by atoms with Crippen molar-refractivity contribution in [1.82, 2.24) is 9.13 Å². The molecule has 228 valence electrons. The number of benzene rings is 7. The highest BCUT2D eigenvalue weighted by atomic mass is 16.3. The predicted octanol–water partition coefficient (Wildman–Crippen LogP) is 11.3. The van der Waals surface area contributed by atoms with E-state index in [9.17, 15) is 5.26 Å². The molecule has 0 aliphatic carbocycles. The first-order valence-corrected chi connectivity index (χ1v) is 16.3. The zero-order valence-corrected chi connectivity index (χ0v) is 26.2. The summed E-state index contributed by atoms with van der Waals surface area (Å²) in [5.41, 5.74) is 10.4. The molecule has 1 N–H and O–H groups in total. The summed E-state index contributed by atoms with van der Waals surface area (Å²) in [6, 6.07) is 52.4. The van der Waals surface area contributed by atoms with Crippen LogP contribution in [0.25, 0.3) is 88.1 Å².